The van der Waals surface area contributed by atoms with Crippen molar-refractivity contribution in [1.29, 1.82) is 0 Å². The van der Waals surface area contributed by atoms with Gasteiger partial charge in [0.05, 0.1) is 15.5 Å². The number of anilines is 1. The van der Waals surface area contributed by atoms with Gasteiger partial charge in [-0.3, -0.25) is 14.9 Å². The maximum atomic E-state index is 12.0. The number of rotatable bonds is 3. The van der Waals surface area contributed by atoms with Crippen LogP contribution >= 0.6 is 23.2 Å². The van der Waals surface area contributed by atoms with Crippen molar-refractivity contribution in [2.75, 3.05) is 5.32 Å². The Morgan fingerprint density at radius 1 is 1.25 bits per heavy atom. The molecule has 20 heavy (non-hydrogen) atoms. The molecule has 0 bridgehead atoms. The van der Waals surface area contributed by atoms with Crippen molar-refractivity contribution >= 4 is 40.6 Å². The normalized spacial score (nSPS) is 10.1. The third-order valence-electron chi connectivity index (χ3n) is 2.37. The van der Waals surface area contributed by atoms with Crippen LogP contribution in [-0.2, 0) is 0 Å². The van der Waals surface area contributed by atoms with E-state index in [4.69, 9.17) is 23.2 Å². The van der Waals surface area contributed by atoms with E-state index in [1.54, 1.807) is 6.07 Å². The van der Waals surface area contributed by atoms with Crippen LogP contribution in [0, 0.1) is 10.1 Å². The first-order chi connectivity index (χ1) is 9.47. The molecule has 0 spiro atoms. The monoisotopic (exact) mass is 311 g/mol. The summed E-state index contributed by atoms with van der Waals surface area (Å²) in [4.78, 5) is 26.0. The highest BCUT2D eigenvalue weighted by Crippen LogP contribution is 2.23. The largest absolute Gasteiger partial charge is 0.306 e. The SMILES string of the molecule is O=C(Nc1cc(Cl)ccn1)c1cc([N+](=O)[O-])ccc1Cl. The van der Waals surface area contributed by atoms with Crippen molar-refractivity contribution in [3.63, 3.8) is 0 Å². The summed E-state index contributed by atoms with van der Waals surface area (Å²) in [6.45, 7) is 0. The smallest absolute Gasteiger partial charge is 0.270 e. The number of nitro groups is 1. The first kappa shape index (κ1) is 14.2. The van der Waals surface area contributed by atoms with Crippen molar-refractivity contribution in [3.8, 4) is 0 Å². The zero-order chi connectivity index (χ0) is 14.7. The van der Waals surface area contributed by atoms with E-state index >= 15 is 0 Å². The lowest BCUT2D eigenvalue weighted by Gasteiger charge is -2.06. The maximum Gasteiger partial charge on any atom is 0.270 e. The Bertz CT molecular complexity index is 691. The summed E-state index contributed by atoms with van der Waals surface area (Å²) in [6.07, 6.45) is 1.42. The number of nitro benzene ring substituents is 1. The zero-order valence-electron chi connectivity index (χ0n) is 9.84. The lowest BCUT2D eigenvalue weighted by Crippen LogP contribution is -2.13. The van der Waals surface area contributed by atoms with E-state index in [-0.39, 0.29) is 22.1 Å². The maximum absolute atomic E-state index is 12.0. The molecule has 0 atom stereocenters. The van der Waals surface area contributed by atoms with Gasteiger partial charge < -0.3 is 5.32 Å². The van der Waals surface area contributed by atoms with Crippen LogP contribution in [0.2, 0.25) is 10.0 Å². The molecule has 1 aromatic carbocycles. The van der Waals surface area contributed by atoms with Crippen LogP contribution in [0.4, 0.5) is 11.5 Å². The lowest BCUT2D eigenvalue weighted by atomic mass is 10.2. The average molecular weight is 312 g/mol. The molecule has 0 saturated carbocycles. The lowest BCUT2D eigenvalue weighted by molar-refractivity contribution is -0.384. The summed E-state index contributed by atoms with van der Waals surface area (Å²) in [5.74, 6) is -0.376. The van der Waals surface area contributed by atoms with E-state index in [1.807, 2.05) is 0 Å². The second kappa shape index (κ2) is 5.85. The van der Waals surface area contributed by atoms with Crippen LogP contribution in [0.1, 0.15) is 10.4 Å². The van der Waals surface area contributed by atoms with Gasteiger partial charge in [0.15, 0.2) is 0 Å². The average Bonchev–Trinajstić information content (AvgIpc) is 2.38. The third kappa shape index (κ3) is 3.23. The summed E-state index contributed by atoms with van der Waals surface area (Å²) in [5, 5.41) is 13.7. The van der Waals surface area contributed by atoms with Gasteiger partial charge in [-0.15, -0.1) is 0 Å². The summed E-state index contributed by atoms with van der Waals surface area (Å²) < 4.78 is 0. The van der Waals surface area contributed by atoms with Gasteiger partial charge in [0.2, 0.25) is 0 Å². The molecule has 0 aliphatic heterocycles. The van der Waals surface area contributed by atoms with E-state index in [9.17, 15) is 14.9 Å². The molecule has 0 aliphatic rings. The van der Waals surface area contributed by atoms with Crippen molar-refractivity contribution in [1.82, 2.24) is 4.98 Å². The number of nitrogens with one attached hydrogen (secondary N) is 1. The fourth-order valence-electron chi connectivity index (χ4n) is 1.46. The van der Waals surface area contributed by atoms with Crippen molar-refractivity contribution in [3.05, 3.63) is 62.3 Å². The van der Waals surface area contributed by atoms with E-state index in [2.05, 4.69) is 10.3 Å². The summed E-state index contributed by atoms with van der Waals surface area (Å²) in [7, 11) is 0. The van der Waals surface area contributed by atoms with Crippen LogP contribution in [-0.4, -0.2) is 15.8 Å². The predicted octanol–water partition coefficient (Wildman–Crippen LogP) is 3.55. The Balaban J connectivity index is 2.29. The highest BCUT2D eigenvalue weighted by molar-refractivity contribution is 6.34. The van der Waals surface area contributed by atoms with E-state index in [0.717, 1.165) is 6.07 Å². The molecule has 2 rings (SSSR count). The van der Waals surface area contributed by atoms with E-state index in [1.165, 1.54) is 24.4 Å². The molecule has 8 heteroatoms. The van der Waals surface area contributed by atoms with Gasteiger partial charge in [0.1, 0.15) is 5.82 Å². The number of pyridine rings is 1. The Kier molecular flexibility index (Phi) is 4.16. The number of aromatic nitrogens is 1. The van der Waals surface area contributed by atoms with Crippen LogP contribution in [0.3, 0.4) is 0 Å². The van der Waals surface area contributed by atoms with Gasteiger partial charge in [-0.1, -0.05) is 23.2 Å². The summed E-state index contributed by atoms with van der Waals surface area (Å²) >= 11 is 11.6. The van der Waals surface area contributed by atoms with Crippen LogP contribution < -0.4 is 5.32 Å². The van der Waals surface area contributed by atoms with Gasteiger partial charge in [0.25, 0.3) is 11.6 Å². The van der Waals surface area contributed by atoms with Gasteiger partial charge >= 0.3 is 0 Å². The minimum atomic E-state index is -0.606. The number of halogens is 2. The predicted molar refractivity (Wildman–Crippen MR) is 75.3 cm³/mol. The Hall–Kier alpha value is -2.18. The Morgan fingerprint density at radius 2 is 2.00 bits per heavy atom. The van der Waals surface area contributed by atoms with Gasteiger partial charge in [-0.2, -0.15) is 0 Å². The Morgan fingerprint density at radius 3 is 2.65 bits per heavy atom. The van der Waals surface area contributed by atoms with Crippen LogP contribution in [0.5, 0.6) is 0 Å². The van der Waals surface area contributed by atoms with Gasteiger partial charge in [-0.25, -0.2) is 4.98 Å². The number of amides is 1. The molecule has 0 saturated heterocycles. The first-order valence-electron chi connectivity index (χ1n) is 5.34. The van der Waals surface area contributed by atoms with E-state index in [0.29, 0.717) is 5.02 Å². The number of benzene rings is 1. The molecule has 6 nitrogen and oxygen atoms in total. The molecule has 1 N–H and O–H groups in total. The molecule has 0 radical (unpaired) electrons. The minimum absolute atomic E-state index is 0.0114. The second-order valence-corrected chi connectivity index (χ2v) is 4.58. The number of hydrogen-bond donors (Lipinski definition) is 1. The highest BCUT2D eigenvalue weighted by Gasteiger charge is 2.16. The third-order valence-corrected chi connectivity index (χ3v) is 2.93. The number of hydrogen-bond acceptors (Lipinski definition) is 4. The number of carbonyl (C=O) groups excluding carboxylic acids is 1. The fraction of sp³-hybridized carbons (Fsp3) is 0. The number of non-ortho nitro benzene ring substituents is 1. The molecule has 1 amide bonds. The van der Waals surface area contributed by atoms with Crippen LogP contribution in [0.25, 0.3) is 0 Å². The summed E-state index contributed by atoms with van der Waals surface area (Å²) in [6, 6.07) is 6.61. The van der Waals surface area contributed by atoms with Crippen molar-refractivity contribution in [2.24, 2.45) is 0 Å². The number of nitrogens with zero attached hydrogens (tertiary/aromatic N) is 2. The van der Waals surface area contributed by atoms with Gasteiger partial charge in [0, 0.05) is 23.4 Å². The number of carbonyl (C=O) groups is 1. The molecule has 0 fully saturated rings. The standard InChI is InChI=1S/C12H7Cl2N3O3/c13-7-3-4-15-11(5-7)16-12(18)9-6-8(17(19)20)1-2-10(9)14/h1-6H,(H,15,16,18). The molecule has 2 aromatic rings. The van der Waals surface area contributed by atoms with Crippen molar-refractivity contribution in [2.45, 2.75) is 0 Å². The quantitative estimate of drug-likeness (QED) is 0.693. The van der Waals surface area contributed by atoms with Crippen molar-refractivity contribution < 1.29 is 9.72 Å². The van der Waals surface area contributed by atoms with Gasteiger partial charge in [-0.05, 0) is 18.2 Å². The molecular weight excluding hydrogens is 305 g/mol. The minimum Gasteiger partial charge on any atom is -0.306 e. The first-order valence-corrected chi connectivity index (χ1v) is 6.10. The molecular formula is C12H7Cl2N3O3. The fourth-order valence-corrected chi connectivity index (χ4v) is 1.82. The van der Waals surface area contributed by atoms with E-state index < -0.39 is 10.8 Å². The Labute approximate surface area is 123 Å². The molecule has 1 aromatic heterocycles. The summed E-state index contributed by atoms with van der Waals surface area (Å²) in [5.41, 5.74) is -0.235. The zero-order valence-corrected chi connectivity index (χ0v) is 11.4. The van der Waals surface area contributed by atoms with Crippen LogP contribution in [0.15, 0.2) is 36.5 Å². The second-order valence-electron chi connectivity index (χ2n) is 3.73. The highest BCUT2D eigenvalue weighted by atomic mass is 35.5. The topological polar surface area (TPSA) is 85.1 Å². The molecule has 102 valence electrons. The molecule has 0 unspecified atom stereocenters. The molecule has 0 aliphatic carbocycles. The molecule has 1 heterocycles.